The summed E-state index contributed by atoms with van der Waals surface area (Å²) in [5.41, 5.74) is 0.0967. The van der Waals surface area contributed by atoms with Crippen molar-refractivity contribution in [3.63, 3.8) is 0 Å². The van der Waals surface area contributed by atoms with Crippen LogP contribution in [0.5, 0.6) is 5.75 Å². The molecule has 0 aromatic heterocycles. The zero-order valence-electron chi connectivity index (χ0n) is 16.1. The van der Waals surface area contributed by atoms with Crippen molar-refractivity contribution in [2.24, 2.45) is 0 Å². The second kappa shape index (κ2) is 8.05. The molecule has 0 spiro atoms. The number of para-hydroxylation sites is 1. The van der Waals surface area contributed by atoms with Crippen LogP contribution in [-0.4, -0.2) is 70.0 Å². The summed E-state index contributed by atoms with van der Waals surface area (Å²) >= 11 is 0. The fraction of sp³-hybridized carbons (Fsp3) is 0.238. The van der Waals surface area contributed by atoms with Crippen molar-refractivity contribution in [1.82, 2.24) is 15.1 Å². The van der Waals surface area contributed by atoms with E-state index in [0.717, 1.165) is 21.9 Å². The first-order valence-electron chi connectivity index (χ1n) is 9.45. The highest BCUT2D eigenvalue weighted by Crippen LogP contribution is 2.33. The zero-order chi connectivity index (χ0) is 22.1. The van der Waals surface area contributed by atoms with E-state index in [9.17, 15) is 28.7 Å². The monoisotopic (exact) mass is 427 g/mol. The van der Waals surface area contributed by atoms with E-state index in [2.05, 4.69) is 5.32 Å². The van der Waals surface area contributed by atoms with Crippen molar-refractivity contribution in [1.29, 1.82) is 0 Å². The molecule has 2 heterocycles. The third kappa shape index (κ3) is 3.79. The van der Waals surface area contributed by atoms with Gasteiger partial charge in [0.05, 0.1) is 6.04 Å². The van der Waals surface area contributed by atoms with Gasteiger partial charge in [-0.1, -0.05) is 18.2 Å². The molecule has 2 aromatic carbocycles. The van der Waals surface area contributed by atoms with Crippen LogP contribution < -0.4 is 10.1 Å². The largest absolute Gasteiger partial charge is 0.484 e. The molecule has 2 fully saturated rings. The van der Waals surface area contributed by atoms with Gasteiger partial charge in [-0.15, -0.1) is 0 Å². The molecule has 2 saturated heterocycles. The van der Waals surface area contributed by atoms with Crippen molar-refractivity contribution >= 4 is 23.7 Å². The van der Waals surface area contributed by atoms with Gasteiger partial charge in [0.2, 0.25) is 12.1 Å². The number of nitrogens with one attached hydrogen (secondary N) is 1. The van der Waals surface area contributed by atoms with Crippen molar-refractivity contribution < 1.29 is 33.4 Å². The van der Waals surface area contributed by atoms with Gasteiger partial charge in [-0.3, -0.25) is 14.4 Å². The van der Waals surface area contributed by atoms with Crippen molar-refractivity contribution in [2.45, 2.75) is 18.2 Å². The van der Waals surface area contributed by atoms with E-state index in [1.807, 2.05) is 0 Å². The van der Waals surface area contributed by atoms with Gasteiger partial charge in [-0.05, 0) is 36.4 Å². The summed E-state index contributed by atoms with van der Waals surface area (Å²) in [4.78, 5) is 51.4. The number of carboxylic acids is 1. The topological polar surface area (TPSA) is 116 Å². The summed E-state index contributed by atoms with van der Waals surface area (Å²) in [5, 5.41) is 12.1. The smallest absolute Gasteiger partial charge is 0.347 e. The van der Waals surface area contributed by atoms with Gasteiger partial charge in [0.15, 0.2) is 6.61 Å². The van der Waals surface area contributed by atoms with Crippen LogP contribution in [0.2, 0.25) is 0 Å². The second-order valence-electron chi connectivity index (χ2n) is 7.14. The molecule has 0 bridgehead atoms. The van der Waals surface area contributed by atoms with Gasteiger partial charge in [0.1, 0.15) is 17.6 Å². The number of aliphatic carboxylic acids is 1. The van der Waals surface area contributed by atoms with Gasteiger partial charge >= 0.3 is 5.97 Å². The SMILES string of the molecule is O=C(COc1ccccc1)N[C@H]1C(=O)N2C1CN(C(=O)c1ccc(F)cc1)C2C(=O)O. The predicted octanol–water partition coefficient (Wildman–Crippen LogP) is 0.467. The van der Waals surface area contributed by atoms with E-state index in [1.54, 1.807) is 30.3 Å². The number of carboxylic acid groups (broad SMARTS) is 1. The molecule has 160 valence electrons. The molecule has 2 aliphatic rings. The second-order valence-corrected chi connectivity index (χ2v) is 7.14. The molecule has 3 amide bonds. The number of fused-ring (bicyclic) bond motifs is 1. The maximum absolute atomic E-state index is 13.1. The van der Waals surface area contributed by atoms with Gasteiger partial charge in [0, 0.05) is 12.1 Å². The van der Waals surface area contributed by atoms with E-state index >= 15 is 0 Å². The fourth-order valence-corrected chi connectivity index (χ4v) is 3.76. The number of rotatable bonds is 6. The Morgan fingerprint density at radius 2 is 1.77 bits per heavy atom. The number of amides is 3. The lowest BCUT2D eigenvalue weighted by atomic mass is 9.96. The van der Waals surface area contributed by atoms with E-state index < -0.39 is 47.8 Å². The Morgan fingerprint density at radius 3 is 2.42 bits per heavy atom. The third-order valence-electron chi connectivity index (χ3n) is 5.21. The minimum atomic E-state index is -1.50. The molecule has 0 aliphatic carbocycles. The van der Waals surface area contributed by atoms with Gasteiger partial charge < -0.3 is 25.0 Å². The lowest BCUT2D eigenvalue weighted by Crippen LogP contribution is -2.71. The number of β-lactam (4-membered cyclic amide) rings is 1. The standard InChI is InChI=1S/C21H18FN3O6/c22-13-8-6-12(7-9-13)19(27)24-10-15-17(20(28)25(15)18(24)21(29)30)23-16(26)11-31-14-4-2-1-3-5-14/h1-9,15,17-18H,10-11H2,(H,23,26)(H,29,30)/t15?,17-,18?/m1/s1. The minimum Gasteiger partial charge on any atom is -0.484 e. The summed E-state index contributed by atoms with van der Waals surface area (Å²) in [6, 6.07) is 11.7. The molecule has 2 N–H and O–H groups in total. The number of hydrogen-bond donors (Lipinski definition) is 2. The van der Waals surface area contributed by atoms with Crippen molar-refractivity contribution in [2.75, 3.05) is 13.2 Å². The molecular formula is C21H18FN3O6. The normalized spacial score (nSPS) is 21.8. The average Bonchev–Trinajstić information content (AvgIpc) is 3.13. The summed E-state index contributed by atoms with van der Waals surface area (Å²) in [6.07, 6.45) is -1.50. The highest BCUT2D eigenvalue weighted by atomic mass is 19.1. The van der Waals surface area contributed by atoms with E-state index in [4.69, 9.17) is 4.74 Å². The summed E-state index contributed by atoms with van der Waals surface area (Å²) in [5.74, 6) is -3.21. The molecule has 2 unspecified atom stereocenters. The van der Waals surface area contributed by atoms with Crippen LogP contribution in [0.3, 0.4) is 0 Å². The Bertz CT molecular complexity index is 1030. The Morgan fingerprint density at radius 1 is 1.10 bits per heavy atom. The van der Waals surface area contributed by atoms with Crippen molar-refractivity contribution in [3.05, 3.63) is 66.0 Å². The number of nitrogens with zero attached hydrogens (tertiary/aromatic N) is 2. The summed E-state index contributed by atoms with van der Waals surface area (Å²) in [7, 11) is 0. The van der Waals surface area contributed by atoms with Crippen LogP contribution in [0.1, 0.15) is 10.4 Å². The molecule has 0 saturated carbocycles. The molecule has 2 aromatic rings. The number of ether oxygens (including phenoxy) is 1. The van der Waals surface area contributed by atoms with Gasteiger partial charge in [0.25, 0.3) is 11.8 Å². The van der Waals surface area contributed by atoms with E-state index in [-0.39, 0.29) is 18.7 Å². The number of carbonyl (C=O) groups is 4. The van der Waals surface area contributed by atoms with Crippen LogP contribution in [0.15, 0.2) is 54.6 Å². The van der Waals surface area contributed by atoms with Crippen LogP contribution in [0, 0.1) is 5.82 Å². The number of carbonyl (C=O) groups excluding carboxylic acids is 3. The first kappa shape index (κ1) is 20.3. The Balaban J connectivity index is 1.43. The molecule has 10 heteroatoms. The average molecular weight is 427 g/mol. The molecule has 9 nitrogen and oxygen atoms in total. The van der Waals surface area contributed by atoms with E-state index in [1.165, 1.54) is 12.1 Å². The lowest BCUT2D eigenvalue weighted by Gasteiger charge is -2.43. The summed E-state index contributed by atoms with van der Waals surface area (Å²) < 4.78 is 18.5. The van der Waals surface area contributed by atoms with Crippen LogP contribution >= 0.6 is 0 Å². The third-order valence-corrected chi connectivity index (χ3v) is 5.21. The Labute approximate surface area is 176 Å². The maximum Gasteiger partial charge on any atom is 0.347 e. The lowest BCUT2D eigenvalue weighted by molar-refractivity contribution is -0.163. The van der Waals surface area contributed by atoms with Crippen molar-refractivity contribution in [3.8, 4) is 5.75 Å². The molecule has 31 heavy (non-hydrogen) atoms. The Kier molecular flexibility index (Phi) is 5.28. The number of halogens is 1. The maximum atomic E-state index is 13.1. The zero-order valence-corrected chi connectivity index (χ0v) is 16.1. The molecule has 0 radical (unpaired) electrons. The molecular weight excluding hydrogens is 409 g/mol. The predicted molar refractivity (Wildman–Crippen MR) is 103 cm³/mol. The first-order valence-corrected chi connectivity index (χ1v) is 9.45. The summed E-state index contributed by atoms with van der Waals surface area (Å²) in [6.45, 7) is -0.398. The number of hydrogen-bond acceptors (Lipinski definition) is 5. The molecule has 2 aliphatic heterocycles. The quantitative estimate of drug-likeness (QED) is 0.648. The first-order chi connectivity index (χ1) is 14.9. The van der Waals surface area contributed by atoms with E-state index in [0.29, 0.717) is 5.75 Å². The minimum absolute atomic E-state index is 0.0800. The highest BCUT2D eigenvalue weighted by molar-refractivity contribution is 6.02. The molecule has 4 rings (SSSR count). The Hall–Kier alpha value is -3.95. The van der Waals surface area contributed by atoms with Gasteiger partial charge in [-0.2, -0.15) is 0 Å². The highest BCUT2D eigenvalue weighted by Gasteiger charge is 2.61. The molecule has 3 atom stereocenters. The number of benzene rings is 2. The van der Waals surface area contributed by atoms with Crippen LogP contribution in [-0.2, 0) is 14.4 Å². The van der Waals surface area contributed by atoms with Gasteiger partial charge in [-0.25, -0.2) is 9.18 Å². The van der Waals surface area contributed by atoms with Crippen LogP contribution in [0.4, 0.5) is 4.39 Å². The fourth-order valence-electron chi connectivity index (χ4n) is 3.76. The van der Waals surface area contributed by atoms with Crippen LogP contribution in [0.25, 0.3) is 0 Å².